The number of rotatable bonds is 8. The minimum Gasteiger partial charge on any atom is -0.494 e. The standard InChI is InChI=1S/C22H23N3O4S/c26-14-15-4-1-2-5-19(15)25-9-8-23-22(25)30-11-3-10-29-17-6-7-18-16(12-17)13-20(27)21(28)24-18/h1-2,4-9,12,20,26-27H,3,10-11,13-14H2,(H,24,28). The van der Waals surface area contributed by atoms with E-state index < -0.39 is 6.10 Å². The Balaban J connectivity index is 1.29. The Hall–Kier alpha value is -2.81. The van der Waals surface area contributed by atoms with Crippen LogP contribution in [0.1, 0.15) is 17.5 Å². The number of nitrogens with one attached hydrogen (secondary N) is 1. The number of fused-ring (bicyclic) bond motifs is 1. The van der Waals surface area contributed by atoms with Crippen molar-refractivity contribution in [1.82, 2.24) is 9.55 Å². The highest BCUT2D eigenvalue weighted by Crippen LogP contribution is 2.27. The van der Waals surface area contributed by atoms with Gasteiger partial charge in [-0.3, -0.25) is 9.36 Å². The molecule has 3 N–H and O–H groups in total. The molecule has 2 aromatic carbocycles. The smallest absolute Gasteiger partial charge is 0.253 e. The lowest BCUT2D eigenvalue weighted by molar-refractivity contribution is -0.124. The number of thioether (sulfide) groups is 1. The summed E-state index contributed by atoms with van der Waals surface area (Å²) in [5.41, 5.74) is 3.38. The molecule has 0 bridgehead atoms. The predicted molar refractivity (Wildman–Crippen MR) is 115 cm³/mol. The van der Waals surface area contributed by atoms with Crippen LogP contribution in [0, 0.1) is 0 Å². The third-order valence-corrected chi connectivity index (χ3v) is 5.92. The second-order valence-electron chi connectivity index (χ2n) is 6.95. The summed E-state index contributed by atoms with van der Waals surface area (Å²) in [5.74, 6) is 1.19. The molecule has 1 aliphatic heterocycles. The Morgan fingerprint density at radius 3 is 3.00 bits per heavy atom. The number of ether oxygens (including phenoxy) is 1. The van der Waals surface area contributed by atoms with Crippen molar-refractivity contribution in [3.63, 3.8) is 0 Å². The minimum atomic E-state index is -1.01. The average molecular weight is 426 g/mol. The second kappa shape index (κ2) is 9.34. The fraction of sp³-hybridized carbons (Fsp3) is 0.273. The molecule has 1 atom stereocenters. The van der Waals surface area contributed by atoms with Gasteiger partial charge in [-0.05, 0) is 36.2 Å². The van der Waals surface area contributed by atoms with Crippen LogP contribution in [0.15, 0.2) is 60.0 Å². The number of amides is 1. The summed E-state index contributed by atoms with van der Waals surface area (Å²) in [6, 6.07) is 13.2. The fourth-order valence-corrected chi connectivity index (χ4v) is 4.22. The summed E-state index contributed by atoms with van der Waals surface area (Å²) in [4.78, 5) is 16.0. The van der Waals surface area contributed by atoms with E-state index in [-0.39, 0.29) is 12.5 Å². The van der Waals surface area contributed by atoms with Gasteiger partial charge in [-0.25, -0.2) is 4.98 Å². The first-order valence-electron chi connectivity index (χ1n) is 9.75. The molecule has 0 saturated carbocycles. The van der Waals surface area contributed by atoms with Crippen molar-refractivity contribution >= 4 is 23.4 Å². The first-order valence-corrected chi connectivity index (χ1v) is 10.7. The molecule has 3 aromatic rings. The number of carbonyl (C=O) groups is 1. The van der Waals surface area contributed by atoms with E-state index in [1.54, 1.807) is 24.0 Å². The highest BCUT2D eigenvalue weighted by atomic mass is 32.2. The van der Waals surface area contributed by atoms with Crippen molar-refractivity contribution in [2.75, 3.05) is 17.7 Å². The normalized spacial score (nSPS) is 15.5. The number of anilines is 1. The van der Waals surface area contributed by atoms with Gasteiger partial charge in [0.15, 0.2) is 5.16 Å². The summed E-state index contributed by atoms with van der Waals surface area (Å²) >= 11 is 1.64. The lowest BCUT2D eigenvalue weighted by Gasteiger charge is -2.21. The van der Waals surface area contributed by atoms with E-state index in [2.05, 4.69) is 10.3 Å². The molecule has 1 aromatic heterocycles. The van der Waals surface area contributed by atoms with Crippen LogP contribution in [0.2, 0.25) is 0 Å². The first-order chi connectivity index (χ1) is 14.7. The zero-order chi connectivity index (χ0) is 20.9. The van der Waals surface area contributed by atoms with Crippen LogP contribution in [0.3, 0.4) is 0 Å². The molecule has 0 fully saturated rings. The largest absolute Gasteiger partial charge is 0.494 e. The Morgan fingerprint density at radius 2 is 2.13 bits per heavy atom. The van der Waals surface area contributed by atoms with E-state index in [0.29, 0.717) is 13.0 Å². The van der Waals surface area contributed by atoms with Gasteiger partial charge in [-0.2, -0.15) is 0 Å². The van der Waals surface area contributed by atoms with Crippen molar-refractivity contribution in [2.45, 2.75) is 30.7 Å². The quantitative estimate of drug-likeness (QED) is 0.379. The molecule has 0 radical (unpaired) electrons. The summed E-state index contributed by atoms with van der Waals surface area (Å²) in [5, 5.41) is 22.8. The monoisotopic (exact) mass is 425 g/mol. The molecule has 8 heteroatoms. The van der Waals surface area contributed by atoms with Crippen molar-refractivity contribution < 1.29 is 19.7 Å². The number of benzene rings is 2. The third-order valence-electron chi connectivity index (χ3n) is 4.87. The predicted octanol–water partition coefficient (Wildman–Crippen LogP) is 2.78. The molecule has 2 heterocycles. The number of hydrogen-bond donors (Lipinski definition) is 3. The Bertz CT molecular complexity index is 1040. The minimum absolute atomic E-state index is 0.0201. The molecule has 156 valence electrons. The number of carbonyl (C=O) groups excluding carboxylic acids is 1. The molecule has 30 heavy (non-hydrogen) atoms. The van der Waals surface area contributed by atoms with Gasteiger partial charge in [0, 0.05) is 35.8 Å². The zero-order valence-corrected chi connectivity index (χ0v) is 17.1. The summed E-state index contributed by atoms with van der Waals surface area (Å²) < 4.78 is 7.82. The van der Waals surface area contributed by atoms with E-state index >= 15 is 0 Å². The molecular formula is C22H23N3O4S. The van der Waals surface area contributed by atoms with Crippen molar-refractivity contribution in [1.29, 1.82) is 0 Å². The number of aliphatic hydroxyl groups excluding tert-OH is 2. The van der Waals surface area contributed by atoms with Gasteiger partial charge in [-0.1, -0.05) is 30.0 Å². The Morgan fingerprint density at radius 1 is 1.27 bits per heavy atom. The lowest BCUT2D eigenvalue weighted by atomic mass is 10.0. The zero-order valence-electron chi connectivity index (χ0n) is 16.3. The van der Waals surface area contributed by atoms with Crippen LogP contribution in [-0.4, -0.2) is 44.1 Å². The maximum atomic E-state index is 11.5. The number of nitrogens with zero attached hydrogens (tertiary/aromatic N) is 2. The molecular weight excluding hydrogens is 402 g/mol. The average Bonchev–Trinajstić information content (AvgIpc) is 3.22. The number of aromatic nitrogens is 2. The molecule has 1 unspecified atom stereocenters. The summed E-state index contributed by atoms with van der Waals surface area (Å²) in [7, 11) is 0. The molecule has 0 saturated heterocycles. The van der Waals surface area contributed by atoms with Crippen molar-refractivity contribution in [2.24, 2.45) is 0 Å². The van der Waals surface area contributed by atoms with Crippen molar-refractivity contribution in [3.8, 4) is 11.4 Å². The van der Waals surface area contributed by atoms with Gasteiger partial charge in [-0.15, -0.1) is 0 Å². The molecule has 4 rings (SSSR count). The van der Waals surface area contributed by atoms with E-state index in [4.69, 9.17) is 4.74 Å². The van der Waals surface area contributed by atoms with E-state index in [1.165, 1.54) is 0 Å². The van der Waals surface area contributed by atoms with Gasteiger partial charge in [0.1, 0.15) is 11.9 Å². The Labute approximate surface area is 178 Å². The fourth-order valence-electron chi connectivity index (χ4n) is 3.34. The third kappa shape index (κ3) is 4.51. The van der Waals surface area contributed by atoms with Gasteiger partial charge >= 0.3 is 0 Å². The van der Waals surface area contributed by atoms with Gasteiger partial charge < -0.3 is 20.3 Å². The maximum Gasteiger partial charge on any atom is 0.253 e. The number of para-hydroxylation sites is 1. The molecule has 1 aliphatic rings. The topological polar surface area (TPSA) is 96.6 Å². The van der Waals surface area contributed by atoms with Crippen LogP contribution in [0.4, 0.5) is 5.69 Å². The number of aliphatic hydroxyl groups is 2. The SMILES string of the molecule is O=C1Nc2ccc(OCCCSc3nccn3-c3ccccc3CO)cc2CC1O. The second-order valence-corrected chi connectivity index (χ2v) is 8.01. The summed E-state index contributed by atoms with van der Waals surface area (Å²) in [6.45, 7) is 0.530. The maximum absolute atomic E-state index is 11.5. The van der Waals surface area contributed by atoms with Crippen LogP contribution < -0.4 is 10.1 Å². The van der Waals surface area contributed by atoms with E-state index in [1.807, 2.05) is 47.2 Å². The molecule has 7 nitrogen and oxygen atoms in total. The molecule has 0 aliphatic carbocycles. The Kier molecular flexibility index (Phi) is 6.37. The summed E-state index contributed by atoms with van der Waals surface area (Å²) in [6.07, 6.45) is 3.77. The van der Waals surface area contributed by atoms with Crippen LogP contribution >= 0.6 is 11.8 Å². The highest BCUT2D eigenvalue weighted by molar-refractivity contribution is 7.99. The highest BCUT2D eigenvalue weighted by Gasteiger charge is 2.24. The van der Waals surface area contributed by atoms with Crippen LogP contribution in [0.5, 0.6) is 5.75 Å². The first kappa shape index (κ1) is 20.5. The molecule has 0 spiro atoms. The number of hydrogen-bond acceptors (Lipinski definition) is 6. The molecule has 1 amide bonds. The van der Waals surface area contributed by atoms with Crippen LogP contribution in [0.25, 0.3) is 5.69 Å². The van der Waals surface area contributed by atoms with Gasteiger partial charge in [0.05, 0.1) is 18.9 Å². The van der Waals surface area contributed by atoms with Gasteiger partial charge in [0.2, 0.25) is 0 Å². The van der Waals surface area contributed by atoms with E-state index in [0.717, 1.165) is 45.6 Å². The van der Waals surface area contributed by atoms with Gasteiger partial charge in [0.25, 0.3) is 5.91 Å². The number of imidazole rings is 1. The van der Waals surface area contributed by atoms with E-state index in [9.17, 15) is 15.0 Å². The van der Waals surface area contributed by atoms with Crippen molar-refractivity contribution in [3.05, 3.63) is 66.0 Å². The van der Waals surface area contributed by atoms with Crippen LogP contribution in [-0.2, 0) is 17.8 Å². The lowest BCUT2D eigenvalue weighted by Crippen LogP contribution is -2.34.